The maximum atomic E-state index is 6.49. The predicted molar refractivity (Wildman–Crippen MR) is 142 cm³/mol. The lowest BCUT2D eigenvalue weighted by Crippen LogP contribution is -2.44. The molecular formula is C26H28ClN7S. The summed E-state index contributed by atoms with van der Waals surface area (Å²) in [6.07, 6.45) is 16.6. The van der Waals surface area contributed by atoms with Crippen LogP contribution >= 0.6 is 23.4 Å². The number of likely N-dealkylation sites (tertiary alicyclic amines) is 1. The second kappa shape index (κ2) is 8.68. The highest BCUT2D eigenvalue weighted by molar-refractivity contribution is 8.04. The number of aromatic nitrogens is 3. The van der Waals surface area contributed by atoms with Crippen molar-refractivity contribution in [2.75, 3.05) is 20.1 Å². The number of fused-ring (bicyclic) bond motifs is 3. The molecular weight excluding hydrogens is 478 g/mol. The first-order valence-corrected chi connectivity index (χ1v) is 13.1. The second-order valence-electron chi connectivity index (χ2n) is 9.74. The molecule has 0 aromatic carbocycles. The Kier molecular flexibility index (Phi) is 5.60. The van der Waals surface area contributed by atoms with Gasteiger partial charge in [0, 0.05) is 50.2 Å². The van der Waals surface area contributed by atoms with Crippen molar-refractivity contribution in [3.63, 3.8) is 0 Å². The third-order valence-corrected chi connectivity index (χ3v) is 9.25. The molecule has 0 amide bonds. The molecule has 35 heavy (non-hydrogen) atoms. The Morgan fingerprint density at radius 1 is 1.11 bits per heavy atom. The summed E-state index contributed by atoms with van der Waals surface area (Å²) in [4.78, 5) is 20.6. The van der Waals surface area contributed by atoms with E-state index in [0.717, 1.165) is 58.9 Å². The molecule has 1 spiro atoms. The summed E-state index contributed by atoms with van der Waals surface area (Å²) in [6.45, 7) is 3.94. The molecule has 2 aromatic heterocycles. The fourth-order valence-corrected chi connectivity index (χ4v) is 6.70. The molecule has 4 aliphatic rings. The maximum absolute atomic E-state index is 6.49. The zero-order valence-electron chi connectivity index (χ0n) is 20.2. The molecule has 1 saturated heterocycles. The van der Waals surface area contributed by atoms with Crippen molar-refractivity contribution in [3.8, 4) is 0 Å². The van der Waals surface area contributed by atoms with Gasteiger partial charge in [-0.15, -0.1) is 0 Å². The van der Waals surface area contributed by atoms with Crippen LogP contribution in [0.2, 0.25) is 5.02 Å². The Morgan fingerprint density at radius 2 is 1.94 bits per heavy atom. The van der Waals surface area contributed by atoms with E-state index in [9.17, 15) is 0 Å². The number of piperidine rings is 1. The van der Waals surface area contributed by atoms with E-state index in [1.54, 1.807) is 18.0 Å². The van der Waals surface area contributed by atoms with Crippen molar-refractivity contribution < 1.29 is 0 Å². The van der Waals surface area contributed by atoms with Crippen LogP contribution in [0.15, 0.2) is 68.5 Å². The van der Waals surface area contributed by atoms with Gasteiger partial charge in [-0.05, 0) is 67.9 Å². The molecule has 1 fully saturated rings. The van der Waals surface area contributed by atoms with Crippen LogP contribution < -0.4 is 0 Å². The van der Waals surface area contributed by atoms with E-state index >= 15 is 0 Å². The number of nitrogens with zero attached hydrogens (tertiary/aromatic N) is 7. The minimum atomic E-state index is 0.376. The molecule has 0 radical (unpaired) electrons. The minimum Gasteiger partial charge on any atom is -0.356 e. The molecule has 0 saturated carbocycles. The first kappa shape index (κ1) is 22.6. The molecule has 0 unspecified atom stereocenters. The number of allylic oxidation sites excluding steroid dienone is 2. The fourth-order valence-electron chi connectivity index (χ4n) is 5.45. The van der Waals surface area contributed by atoms with Crippen LogP contribution in [0.1, 0.15) is 29.8 Å². The normalized spacial score (nSPS) is 23.7. The molecule has 3 aliphatic heterocycles. The Hall–Kier alpha value is -2.84. The number of halogens is 1. The Morgan fingerprint density at radius 3 is 2.74 bits per heavy atom. The molecule has 2 aromatic rings. The zero-order chi connectivity index (χ0) is 24.2. The van der Waals surface area contributed by atoms with Gasteiger partial charge < -0.3 is 9.80 Å². The van der Waals surface area contributed by atoms with Gasteiger partial charge in [0.25, 0.3) is 0 Å². The van der Waals surface area contributed by atoms with Crippen LogP contribution in [0.3, 0.4) is 0 Å². The van der Waals surface area contributed by atoms with Gasteiger partial charge in [-0.3, -0.25) is 9.67 Å². The Labute approximate surface area is 215 Å². The molecule has 7 nitrogen and oxygen atoms in total. The first-order valence-electron chi connectivity index (χ1n) is 12.0. The molecule has 1 aliphatic carbocycles. The van der Waals surface area contributed by atoms with Gasteiger partial charge in [0.15, 0.2) is 0 Å². The zero-order valence-corrected chi connectivity index (χ0v) is 21.8. The summed E-state index contributed by atoms with van der Waals surface area (Å²) in [5.74, 6) is 2.74. The lowest BCUT2D eigenvalue weighted by atomic mass is 9.76. The number of rotatable bonds is 2. The number of pyridine rings is 1. The standard InChI is InChI=1S/C26H28ClN7S/c1-17-24(27)20(6-10-28-17)35-21-4-5-22-31-23(7-11-29-25(21)32(22)2)34-12-8-26(9-13-34)14-18-16-30-33(3)19(18)15-26/h4-7,10-11,16H,8-9,12-15H2,1-3H3/b11-7?,23-7?,29-11?,29-25-,31-22?,31-23+. The van der Waals surface area contributed by atoms with E-state index < -0.39 is 0 Å². The van der Waals surface area contributed by atoms with Crippen molar-refractivity contribution in [2.24, 2.45) is 22.4 Å². The number of hydrogen-bond donors (Lipinski definition) is 0. The molecule has 5 heterocycles. The third-order valence-electron chi connectivity index (χ3n) is 7.57. The largest absolute Gasteiger partial charge is 0.356 e. The van der Waals surface area contributed by atoms with E-state index in [0.29, 0.717) is 10.4 Å². The number of aryl methyl sites for hydroxylation is 2. The monoisotopic (exact) mass is 505 g/mol. The number of thioether (sulfide) groups is 1. The summed E-state index contributed by atoms with van der Waals surface area (Å²) in [5.41, 5.74) is 4.05. The quantitative estimate of drug-likeness (QED) is 0.589. The summed E-state index contributed by atoms with van der Waals surface area (Å²) in [6, 6.07) is 1.94. The van der Waals surface area contributed by atoms with Crippen LogP contribution in [0.5, 0.6) is 0 Å². The average molecular weight is 506 g/mol. The van der Waals surface area contributed by atoms with Crippen LogP contribution in [-0.2, 0) is 19.9 Å². The lowest BCUT2D eigenvalue weighted by Gasteiger charge is -2.40. The summed E-state index contributed by atoms with van der Waals surface area (Å²) in [7, 11) is 4.09. The van der Waals surface area contributed by atoms with Gasteiger partial charge >= 0.3 is 0 Å². The summed E-state index contributed by atoms with van der Waals surface area (Å²) in [5, 5.41) is 5.12. The number of amidine groups is 2. The van der Waals surface area contributed by atoms with Crippen LogP contribution in [0, 0.1) is 12.3 Å². The van der Waals surface area contributed by atoms with E-state index in [-0.39, 0.29) is 0 Å². The van der Waals surface area contributed by atoms with Gasteiger partial charge in [0.05, 0.1) is 21.8 Å². The number of hydrogen-bond acceptors (Lipinski definition) is 7. The van der Waals surface area contributed by atoms with Crippen molar-refractivity contribution >= 4 is 35.0 Å². The van der Waals surface area contributed by atoms with Crippen LogP contribution in [0.25, 0.3) is 0 Å². The first-order chi connectivity index (χ1) is 16.9. The molecule has 0 N–H and O–H groups in total. The SMILES string of the molecule is Cc1nccc(SC2=CC=C3/N=C(/N4CCC5(CC4)Cc4cnn(C)c4C5)C=C/N=C/2N3C)c1Cl. The molecule has 2 bridgehead atoms. The lowest BCUT2D eigenvalue weighted by molar-refractivity contribution is 0.156. The van der Waals surface area contributed by atoms with Crippen molar-refractivity contribution in [1.29, 1.82) is 0 Å². The molecule has 9 heteroatoms. The highest BCUT2D eigenvalue weighted by atomic mass is 35.5. The fraction of sp³-hybridized carbons (Fsp3) is 0.385. The number of aliphatic imine (C=N–C) groups is 2. The van der Waals surface area contributed by atoms with E-state index in [1.165, 1.54) is 24.1 Å². The highest BCUT2D eigenvalue weighted by Gasteiger charge is 2.42. The second-order valence-corrected chi connectivity index (χ2v) is 11.2. The van der Waals surface area contributed by atoms with Crippen molar-refractivity contribution in [1.82, 2.24) is 24.6 Å². The average Bonchev–Trinajstić information content (AvgIpc) is 3.37. The van der Waals surface area contributed by atoms with Gasteiger partial charge in [0.2, 0.25) is 0 Å². The van der Waals surface area contributed by atoms with E-state index in [2.05, 4.69) is 50.0 Å². The van der Waals surface area contributed by atoms with Gasteiger partial charge in [-0.1, -0.05) is 23.4 Å². The number of likely N-dealkylation sites (N-methyl/N-ethyl adjacent to an activating group) is 1. The molecule has 180 valence electrons. The molecule has 0 atom stereocenters. The Balaban J connectivity index is 1.20. The Bertz CT molecular complexity index is 1340. The van der Waals surface area contributed by atoms with Gasteiger partial charge in [0.1, 0.15) is 17.5 Å². The van der Waals surface area contributed by atoms with E-state index in [4.69, 9.17) is 21.6 Å². The van der Waals surface area contributed by atoms with Gasteiger partial charge in [-0.2, -0.15) is 5.10 Å². The van der Waals surface area contributed by atoms with Crippen molar-refractivity contribution in [2.45, 2.75) is 37.5 Å². The predicted octanol–water partition coefficient (Wildman–Crippen LogP) is 4.75. The highest BCUT2D eigenvalue weighted by Crippen LogP contribution is 2.44. The van der Waals surface area contributed by atoms with E-state index in [1.807, 2.05) is 32.3 Å². The maximum Gasteiger partial charge on any atom is 0.147 e. The van der Waals surface area contributed by atoms with Crippen molar-refractivity contribution in [3.05, 3.63) is 75.6 Å². The summed E-state index contributed by atoms with van der Waals surface area (Å²) < 4.78 is 2.06. The van der Waals surface area contributed by atoms with Crippen LogP contribution in [0.4, 0.5) is 0 Å². The van der Waals surface area contributed by atoms with Gasteiger partial charge in [-0.25, -0.2) is 9.98 Å². The smallest absolute Gasteiger partial charge is 0.147 e. The molecule has 6 rings (SSSR count). The topological polar surface area (TPSA) is 61.9 Å². The summed E-state index contributed by atoms with van der Waals surface area (Å²) >= 11 is 8.10. The third kappa shape index (κ3) is 4.02. The minimum absolute atomic E-state index is 0.376. The van der Waals surface area contributed by atoms with Crippen LogP contribution in [-0.4, -0.2) is 56.4 Å².